The molecule has 2 atom stereocenters. The summed E-state index contributed by atoms with van der Waals surface area (Å²) >= 11 is 0. The minimum absolute atomic E-state index is 0.0545. The van der Waals surface area contributed by atoms with Crippen LogP contribution in [0.25, 0.3) is 0 Å². The lowest BCUT2D eigenvalue weighted by Crippen LogP contribution is -2.50. The van der Waals surface area contributed by atoms with E-state index < -0.39 is 16.4 Å². The molecule has 7 nitrogen and oxygen atoms in total. The first kappa shape index (κ1) is 14.3. The first-order valence-corrected chi connectivity index (χ1v) is 6.33. The van der Waals surface area contributed by atoms with E-state index >= 15 is 0 Å². The molecule has 0 bridgehead atoms. The summed E-state index contributed by atoms with van der Waals surface area (Å²) in [5.41, 5.74) is 10.5. The predicted octanol–water partition coefficient (Wildman–Crippen LogP) is 1.02. The molecule has 1 aliphatic carbocycles. The number of aryl methyl sites for hydroxylation is 1. The largest absolute Gasteiger partial charge is 0.483 e. The van der Waals surface area contributed by atoms with Gasteiger partial charge in [-0.3, -0.25) is 14.9 Å². The van der Waals surface area contributed by atoms with Crippen LogP contribution in [0.15, 0.2) is 18.2 Å². The number of para-hydroxylation sites is 1. The Balaban J connectivity index is 2.19. The maximum absolute atomic E-state index is 11.3. The van der Waals surface area contributed by atoms with E-state index in [0.717, 1.165) is 0 Å². The molecule has 0 heterocycles. The number of carbonyl (C=O) groups excluding carboxylic acids is 1. The molecular formula is C13H17N3O4. The quantitative estimate of drug-likeness (QED) is 0.629. The van der Waals surface area contributed by atoms with E-state index in [1.165, 1.54) is 0 Å². The van der Waals surface area contributed by atoms with Gasteiger partial charge in [0, 0.05) is 12.0 Å². The number of primary amides is 1. The fraction of sp³-hybridized carbons (Fsp3) is 0.462. The topological polar surface area (TPSA) is 121 Å². The Bertz CT molecular complexity index is 561. The summed E-state index contributed by atoms with van der Waals surface area (Å²) in [6.45, 7) is 1.65. The first-order chi connectivity index (χ1) is 9.33. The van der Waals surface area contributed by atoms with E-state index in [1.54, 1.807) is 25.1 Å². The summed E-state index contributed by atoms with van der Waals surface area (Å²) in [7, 11) is 0. The molecule has 0 aliphatic heterocycles. The molecule has 2 unspecified atom stereocenters. The zero-order valence-electron chi connectivity index (χ0n) is 11.2. The van der Waals surface area contributed by atoms with Crippen LogP contribution in [0.4, 0.5) is 5.69 Å². The van der Waals surface area contributed by atoms with Crippen molar-refractivity contribution in [2.24, 2.45) is 11.5 Å². The molecule has 0 aromatic heterocycles. The minimum Gasteiger partial charge on any atom is -0.483 e. The van der Waals surface area contributed by atoms with E-state index in [9.17, 15) is 14.9 Å². The highest BCUT2D eigenvalue weighted by molar-refractivity contribution is 5.84. The number of hydrogen-bond donors (Lipinski definition) is 2. The highest BCUT2D eigenvalue weighted by Crippen LogP contribution is 2.35. The summed E-state index contributed by atoms with van der Waals surface area (Å²) in [5, 5.41) is 11.1. The van der Waals surface area contributed by atoms with Crippen molar-refractivity contribution in [2.75, 3.05) is 0 Å². The molecule has 0 radical (unpaired) electrons. The predicted molar refractivity (Wildman–Crippen MR) is 72.2 cm³/mol. The molecule has 0 spiro atoms. The summed E-state index contributed by atoms with van der Waals surface area (Å²) in [5.74, 6) is -0.365. The van der Waals surface area contributed by atoms with Gasteiger partial charge in [-0.2, -0.15) is 0 Å². The standard InChI is InChI=1S/C13H17N3O4/c1-8-3-2-4-10(11(8)16(18)19)20-9-5-6-13(15,7-9)12(14)17/h2-4,9H,5-7,15H2,1H3,(H2,14,17). The molecule has 20 heavy (non-hydrogen) atoms. The lowest BCUT2D eigenvalue weighted by Gasteiger charge is -2.20. The average molecular weight is 279 g/mol. The van der Waals surface area contributed by atoms with Gasteiger partial charge in [0.15, 0.2) is 5.75 Å². The molecular weight excluding hydrogens is 262 g/mol. The smallest absolute Gasteiger partial charge is 0.313 e. The second kappa shape index (κ2) is 5.09. The third kappa shape index (κ3) is 2.57. The van der Waals surface area contributed by atoms with E-state index in [2.05, 4.69) is 0 Å². The van der Waals surface area contributed by atoms with Gasteiger partial charge in [0.25, 0.3) is 0 Å². The van der Waals surface area contributed by atoms with Crippen LogP contribution in [-0.4, -0.2) is 22.5 Å². The van der Waals surface area contributed by atoms with Crippen molar-refractivity contribution >= 4 is 11.6 Å². The molecule has 1 amide bonds. The van der Waals surface area contributed by atoms with Crippen LogP contribution >= 0.6 is 0 Å². The normalized spacial score (nSPS) is 25.4. The maximum atomic E-state index is 11.3. The molecule has 1 aromatic rings. The third-order valence-electron chi connectivity index (χ3n) is 3.67. The van der Waals surface area contributed by atoms with E-state index in [1.807, 2.05) is 0 Å². The zero-order valence-corrected chi connectivity index (χ0v) is 11.2. The minimum atomic E-state index is -1.08. The Hall–Kier alpha value is -2.15. The van der Waals surface area contributed by atoms with Gasteiger partial charge in [-0.15, -0.1) is 0 Å². The maximum Gasteiger partial charge on any atom is 0.313 e. The molecule has 0 saturated heterocycles. The van der Waals surface area contributed by atoms with Crippen LogP contribution in [0.1, 0.15) is 24.8 Å². The fourth-order valence-corrected chi connectivity index (χ4v) is 2.49. The number of nitro groups is 1. The van der Waals surface area contributed by atoms with Gasteiger partial charge in [0.05, 0.1) is 10.5 Å². The van der Waals surface area contributed by atoms with Crippen molar-refractivity contribution < 1.29 is 14.5 Å². The first-order valence-electron chi connectivity index (χ1n) is 6.33. The molecule has 4 N–H and O–H groups in total. The number of ether oxygens (including phenoxy) is 1. The highest BCUT2D eigenvalue weighted by atomic mass is 16.6. The fourth-order valence-electron chi connectivity index (χ4n) is 2.49. The van der Waals surface area contributed by atoms with Crippen molar-refractivity contribution in [3.05, 3.63) is 33.9 Å². The van der Waals surface area contributed by atoms with Crippen LogP contribution in [0.3, 0.4) is 0 Å². The number of nitrogens with zero attached hydrogens (tertiary/aromatic N) is 1. The van der Waals surface area contributed by atoms with Gasteiger partial charge in [-0.1, -0.05) is 12.1 Å². The Morgan fingerprint density at radius 3 is 2.80 bits per heavy atom. The monoisotopic (exact) mass is 279 g/mol. The Morgan fingerprint density at radius 1 is 1.55 bits per heavy atom. The van der Waals surface area contributed by atoms with Gasteiger partial charge in [0.1, 0.15) is 6.10 Å². The Kier molecular flexibility index (Phi) is 3.63. The van der Waals surface area contributed by atoms with E-state index in [4.69, 9.17) is 16.2 Å². The molecule has 1 saturated carbocycles. The van der Waals surface area contributed by atoms with E-state index in [-0.39, 0.29) is 24.0 Å². The van der Waals surface area contributed by atoms with Crippen molar-refractivity contribution in [1.29, 1.82) is 0 Å². The van der Waals surface area contributed by atoms with Gasteiger partial charge in [-0.25, -0.2) is 0 Å². The summed E-state index contributed by atoms with van der Waals surface area (Å²) in [6.07, 6.45) is 0.901. The number of rotatable bonds is 4. The number of nitrogens with two attached hydrogens (primary N) is 2. The van der Waals surface area contributed by atoms with Crippen molar-refractivity contribution in [2.45, 2.75) is 37.8 Å². The highest BCUT2D eigenvalue weighted by Gasteiger charge is 2.42. The van der Waals surface area contributed by atoms with Crippen LogP contribution in [0.5, 0.6) is 5.75 Å². The van der Waals surface area contributed by atoms with Gasteiger partial charge in [0.2, 0.25) is 5.91 Å². The Labute approximate surface area is 116 Å². The zero-order chi connectivity index (χ0) is 14.9. The molecule has 108 valence electrons. The molecule has 1 fully saturated rings. The lowest BCUT2D eigenvalue weighted by atomic mass is 9.99. The second-order valence-corrected chi connectivity index (χ2v) is 5.18. The Morgan fingerprint density at radius 2 is 2.25 bits per heavy atom. The molecule has 2 rings (SSSR count). The number of hydrogen-bond acceptors (Lipinski definition) is 5. The van der Waals surface area contributed by atoms with Gasteiger partial charge in [-0.05, 0) is 25.8 Å². The van der Waals surface area contributed by atoms with E-state index in [0.29, 0.717) is 18.4 Å². The van der Waals surface area contributed by atoms with Crippen LogP contribution in [0, 0.1) is 17.0 Å². The lowest BCUT2D eigenvalue weighted by molar-refractivity contribution is -0.386. The molecule has 1 aliphatic rings. The molecule has 1 aromatic carbocycles. The van der Waals surface area contributed by atoms with Crippen LogP contribution in [0.2, 0.25) is 0 Å². The molecule has 7 heteroatoms. The second-order valence-electron chi connectivity index (χ2n) is 5.18. The SMILES string of the molecule is Cc1cccc(OC2CCC(N)(C(N)=O)C2)c1[N+](=O)[O-]. The van der Waals surface area contributed by atoms with Gasteiger partial charge >= 0.3 is 5.69 Å². The summed E-state index contributed by atoms with van der Waals surface area (Å²) < 4.78 is 5.66. The number of nitro benzene ring substituents is 1. The summed E-state index contributed by atoms with van der Waals surface area (Å²) in [6, 6.07) is 4.89. The van der Waals surface area contributed by atoms with Crippen molar-refractivity contribution in [1.82, 2.24) is 0 Å². The van der Waals surface area contributed by atoms with Crippen LogP contribution in [-0.2, 0) is 4.79 Å². The number of amides is 1. The number of carbonyl (C=O) groups is 1. The van der Waals surface area contributed by atoms with Crippen LogP contribution < -0.4 is 16.2 Å². The summed E-state index contributed by atoms with van der Waals surface area (Å²) in [4.78, 5) is 21.9. The number of benzene rings is 1. The van der Waals surface area contributed by atoms with Gasteiger partial charge < -0.3 is 16.2 Å². The average Bonchev–Trinajstić information content (AvgIpc) is 2.72. The third-order valence-corrected chi connectivity index (χ3v) is 3.67. The van der Waals surface area contributed by atoms with Crippen molar-refractivity contribution in [3.63, 3.8) is 0 Å². The van der Waals surface area contributed by atoms with Crippen molar-refractivity contribution in [3.8, 4) is 5.75 Å².